The molecule has 0 aliphatic rings. The van der Waals surface area contributed by atoms with E-state index < -0.39 is 0 Å². The molecule has 25 heavy (non-hydrogen) atoms. The summed E-state index contributed by atoms with van der Waals surface area (Å²) in [6.45, 7) is 2.34. The van der Waals surface area contributed by atoms with Crippen LogP contribution >= 0.6 is 11.3 Å². The Labute approximate surface area is 148 Å². The maximum absolute atomic E-state index is 12.1. The molecule has 0 unspecified atom stereocenters. The summed E-state index contributed by atoms with van der Waals surface area (Å²) in [4.78, 5) is 19.8. The number of rotatable bonds is 5. The minimum absolute atomic E-state index is 0.000126. The lowest BCUT2D eigenvalue weighted by atomic mass is 10.2. The molecule has 0 aliphatic carbocycles. The number of anilines is 1. The molecule has 2 heterocycles. The number of thiazole rings is 1. The molecule has 0 radical (unpaired) electrons. The first-order valence-corrected chi connectivity index (χ1v) is 8.80. The number of aryl methyl sites for hydroxylation is 1. The van der Waals surface area contributed by atoms with Gasteiger partial charge < -0.3 is 15.0 Å². The fourth-order valence-corrected chi connectivity index (χ4v) is 3.67. The first kappa shape index (κ1) is 15.8. The van der Waals surface area contributed by atoms with Crippen molar-refractivity contribution in [3.05, 3.63) is 59.2 Å². The van der Waals surface area contributed by atoms with Gasteiger partial charge in [0.25, 0.3) is 0 Å². The van der Waals surface area contributed by atoms with Gasteiger partial charge in [-0.05, 0) is 43.3 Å². The molecule has 0 atom stereocenters. The summed E-state index contributed by atoms with van der Waals surface area (Å²) in [7, 11) is 0. The highest BCUT2D eigenvalue weighted by Gasteiger charge is 2.07. The molecule has 0 saturated carbocycles. The van der Waals surface area contributed by atoms with Crippen LogP contribution in [0.15, 0.2) is 48.5 Å². The third-order valence-corrected chi connectivity index (χ3v) is 4.85. The molecule has 1 amide bonds. The van der Waals surface area contributed by atoms with Crippen LogP contribution in [0, 0.1) is 6.92 Å². The molecule has 0 saturated heterocycles. The average molecular weight is 351 g/mol. The maximum Gasteiger partial charge on any atom is 0.250 e. The Morgan fingerprint density at radius 3 is 3.00 bits per heavy atom. The van der Waals surface area contributed by atoms with Crippen LogP contribution in [-0.4, -0.2) is 22.5 Å². The smallest absolute Gasteiger partial charge is 0.250 e. The highest BCUT2D eigenvalue weighted by molar-refractivity contribution is 7.18. The maximum atomic E-state index is 12.1. The van der Waals surface area contributed by atoms with Gasteiger partial charge in [-0.2, -0.15) is 0 Å². The molecule has 0 spiro atoms. The van der Waals surface area contributed by atoms with Crippen molar-refractivity contribution in [2.24, 2.45) is 0 Å². The van der Waals surface area contributed by atoms with E-state index in [1.807, 2.05) is 49.4 Å². The molecule has 4 aromatic rings. The number of hydrogen-bond acceptors (Lipinski definition) is 4. The summed E-state index contributed by atoms with van der Waals surface area (Å²) < 4.78 is 6.63. The van der Waals surface area contributed by atoms with E-state index >= 15 is 0 Å². The largest absolute Gasteiger partial charge is 0.364 e. The Bertz CT molecular complexity index is 1020. The zero-order chi connectivity index (χ0) is 17.2. The summed E-state index contributed by atoms with van der Waals surface area (Å²) in [6.07, 6.45) is 0. The fraction of sp³-hybridized carbons (Fsp3) is 0.158. The van der Waals surface area contributed by atoms with Gasteiger partial charge in [0.05, 0.1) is 16.8 Å². The van der Waals surface area contributed by atoms with E-state index in [2.05, 4.69) is 21.4 Å². The number of para-hydroxylation sites is 1. The van der Waals surface area contributed by atoms with E-state index in [0.29, 0.717) is 6.61 Å². The number of fused-ring (bicyclic) bond motifs is 2. The van der Waals surface area contributed by atoms with Crippen LogP contribution in [0.25, 0.3) is 21.1 Å². The van der Waals surface area contributed by atoms with Crippen molar-refractivity contribution in [1.29, 1.82) is 0 Å². The summed E-state index contributed by atoms with van der Waals surface area (Å²) in [6, 6.07) is 15.8. The van der Waals surface area contributed by atoms with Crippen LogP contribution in [0.4, 0.5) is 5.69 Å². The van der Waals surface area contributed by atoms with E-state index in [9.17, 15) is 4.79 Å². The highest BCUT2D eigenvalue weighted by Crippen LogP contribution is 2.22. The molecule has 2 aromatic heterocycles. The van der Waals surface area contributed by atoms with Gasteiger partial charge in [-0.3, -0.25) is 4.79 Å². The minimum atomic E-state index is -0.173. The third kappa shape index (κ3) is 3.55. The van der Waals surface area contributed by atoms with Gasteiger partial charge in [0.15, 0.2) is 0 Å². The van der Waals surface area contributed by atoms with Gasteiger partial charge >= 0.3 is 0 Å². The van der Waals surface area contributed by atoms with Gasteiger partial charge in [0.1, 0.15) is 11.6 Å². The molecule has 6 heteroatoms. The van der Waals surface area contributed by atoms with E-state index in [1.54, 1.807) is 11.3 Å². The molecule has 0 bridgehead atoms. The Hall–Kier alpha value is -2.70. The number of nitrogens with one attached hydrogen (secondary N) is 2. The SMILES string of the molecule is Cc1cc2cc(NC(=O)COCc3nc4ccccc4s3)ccc2[nH]1. The standard InChI is InChI=1S/C19H17N3O2S/c1-12-8-13-9-14(6-7-15(13)20-12)21-18(23)10-24-11-19-22-16-4-2-3-5-17(16)25-19/h2-9,20H,10-11H2,1H3,(H,21,23). The van der Waals surface area contributed by atoms with Crippen LogP contribution < -0.4 is 5.32 Å². The van der Waals surface area contributed by atoms with Gasteiger partial charge in [0.2, 0.25) is 5.91 Å². The molecule has 0 fully saturated rings. The molecule has 2 N–H and O–H groups in total. The Morgan fingerprint density at radius 1 is 1.24 bits per heavy atom. The van der Waals surface area contributed by atoms with E-state index in [1.165, 1.54) is 0 Å². The summed E-state index contributed by atoms with van der Waals surface area (Å²) >= 11 is 1.59. The Balaban J connectivity index is 1.33. The number of carbonyl (C=O) groups is 1. The van der Waals surface area contributed by atoms with Crippen molar-refractivity contribution >= 4 is 44.1 Å². The van der Waals surface area contributed by atoms with Crippen molar-refractivity contribution in [1.82, 2.24) is 9.97 Å². The van der Waals surface area contributed by atoms with Crippen molar-refractivity contribution in [2.45, 2.75) is 13.5 Å². The lowest BCUT2D eigenvalue weighted by Crippen LogP contribution is -2.18. The monoisotopic (exact) mass is 351 g/mol. The summed E-state index contributed by atoms with van der Waals surface area (Å²) in [5.74, 6) is -0.173. The zero-order valence-electron chi connectivity index (χ0n) is 13.7. The van der Waals surface area contributed by atoms with Gasteiger partial charge in [-0.1, -0.05) is 12.1 Å². The number of nitrogens with zero attached hydrogens (tertiary/aromatic N) is 1. The van der Waals surface area contributed by atoms with Crippen molar-refractivity contribution < 1.29 is 9.53 Å². The molecule has 4 rings (SSSR count). The second kappa shape index (κ2) is 6.66. The lowest BCUT2D eigenvalue weighted by molar-refractivity contribution is -0.121. The Kier molecular flexibility index (Phi) is 4.21. The van der Waals surface area contributed by atoms with E-state index in [-0.39, 0.29) is 12.5 Å². The number of ether oxygens (including phenoxy) is 1. The topological polar surface area (TPSA) is 67.0 Å². The molecule has 126 valence electrons. The number of benzene rings is 2. The molecular formula is C19H17N3O2S. The van der Waals surface area contributed by atoms with Crippen molar-refractivity contribution in [3.8, 4) is 0 Å². The number of hydrogen-bond donors (Lipinski definition) is 2. The molecule has 5 nitrogen and oxygen atoms in total. The first-order valence-electron chi connectivity index (χ1n) is 7.99. The lowest BCUT2D eigenvalue weighted by Gasteiger charge is -2.05. The van der Waals surface area contributed by atoms with Gasteiger partial charge in [-0.15, -0.1) is 11.3 Å². The molecular weight excluding hydrogens is 334 g/mol. The quantitative estimate of drug-likeness (QED) is 0.565. The Morgan fingerprint density at radius 2 is 2.12 bits per heavy atom. The minimum Gasteiger partial charge on any atom is -0.364 e. The normalized spacial score (nSPS) is 11.2. The number of carbonyl (C=O) groups excluding carboxylic acids is 1. The molecule has 0 aliphatic heterocycles. The van der Waals surface area contributed by atoms with Gasteiger partial charge in [-0.25, -0.2) is 4.98 Å². The van der Waals surface area contributed by atoms with Crippen LogP contribution in [0.5, 0.6) is 0 Å². The number of H-pyrrole nitrogens is 1. The van der Waals surface area contributed by atoms with E-state index in [4.69, 9.17) is 4.74 Å². The predicted molar refractivity (Wildman–Crippen MR) is 101 cm³/mol. The second-order valence-electron chi connectivity index (χ2n) is 5.87. The third-order valence-electron chi connectivity index (χ3n) is 3.84. The van der Waals surface area contributed by atoms with Crippen molar-refractivity contribution in [3.63, 3.8) is 0 Å². The number of aromatic nitrogens is 2. The van der Waals surface area contributed by atoms with Gasteiger partial charge in [0, 0.05) is 22.3 Å². The highest BCUT2D eigenvalue weighted by atomic mass is 32.1. The predicted octanol–water partition coefficient (Wildman–Crippen LogP) is 4.24. The number of amides is 1. The molecule has 2 aromatic carbocycles. The van der Waals surface area contributed by atoms with E-state index in [0.717, 1.165) is 37.5 Å². The number of aromatic amines is 1. The zero-order valence-corrected chi connectivity index (χ0v) is 14.5. The van der Waals surface area contributed by atoms with Crippen LogP contribution in [0.3, 0.4) is 0 Å². The fourth-order valence-electron chi connectivity index (χ4n) is 2.77. The second-order valence-corrected chi connectivity index (χ2v) is 6.99. The van der Waals surface area contributed by atoms with Crippen LogP contribution in [0.1, 0.15) is 10.7 Å². The average Bonchev–Trinajstić information content (AvgIpc) is 3.16. The van der Waals surface area contributed by atoms with Crippen molar-refractivity contribution in [2.75, 3.05) is 11.9 Å². The van der Waals surface area contributed by atoms with Crippen LogP contribution in [0.2, 0.25) is 0 Å². The van der Waals surface area contributed by atoms with Crippen LogP contribution in [-0.2, 0) is 16.1 Å². The summed E-state index contributed by atoms with van der Waals surface area (Å²) in [5.41, 5.74) is 3.88. The first-order chi connectivity index (χ1) is 12.2. The summed E-state index contributed by atoms with van der Waals surface area (Å²) in [5, 5.41) is 4.81.